The summed E-state index contributed by atoms with van der Waals surface area (Å²) in [5.74, 6) is 3.19. The molecule has 2 amide bonds. The first-order valence-corrected chi connectivity index (χ1v) is 4.96. The maximum atomic E-state index is 11.0. The van der Waals surface area contributed by atoms with Gasteiger partial charge < -0.3 is 5.32 Å². The minimum Gasteiger partial charge on any atom is -0.344 e. The summed E-state index contributed by atoms with van der Waals surface area (Å²) in [6, 6.07) is 7.38. The van der Waals surface area contributed by atoms with E-state index in [0.29, 0.717) is 6.54 Å². The van der Waals surface area contributed by atoms with Crippen molar-refractivity contribution in [2.45, 2.75) is 6.54 Å². The van der Waals surface area contributed by atoms with Crippen molar-refractivity contribution in [3.63, 3.8) is 0 Å². The molecule has 0 saturated heterocycles. The van der Waals surface area contributed by atoms with E-state index in [4.69, 9.17) is 5.84 Å². The SMILES string of the molecule is NNC(=O)C(=O)NCc1ccc(Br)cc1. The summed E-state index contributed by atoms with van der Waals surface area (Å²) in [6.45, 7) is 0.291. The van der Waals surface area contributed by atoms with Crippen LogP contribution in [0.3, 0.4) is 0 Å². The van der Waals surface area contributed by atoms with Crippen LogP contribution in [0.1, 0.15) is 5.56 Å². The molecule has 1 aromatic carbocycles. The highest BCUT2D eigenvalue weighted by molar-refractivity contribution is 9.10. The molecule has 1 aromatic rings. The topological polar surface area (TPSA) is 84.2 Å². The Balaban J connectivity index is 2.47. The van der Waals surface area contributed by atoms with E-state index in [1.54, 1.807) is 5.43 Å². The van der Waals surface area contributed by atoms with Gasteiger partial charge in [-0.25, -0.2) is 5.84 Å². The van der Waals surface area contributed by atoms with Crippen molar-refractivity contribution in [1.82, 2.24) is 10.7 Å². The maximum Gasteiger partial charge on any atom is 0.323 e. The Hall–Kier alpha value is -1.40. The predicted molar refractivity (Wildman–Crippen MR) is 58.3 cm³/mol. The zero-order valence-electron chi connectivity index (χ0n) is 7.79. The molecule has 4 N–H and O–H groups in total. The zero-order valence-corrected chi connectivity index (χ0v) is 9.37. The van der Waals surface area contributed by atoms with E-state index in [-0.39, 0.29) is 0 Å². The van der Waals surface area contributed by atoms with Crippen molar-refractivity contribution in [3.05, 3.63) is 34.3 Å². The summed E-state index contributed by atoms with van der Waals surface area (Å²) in [4.78, 5) is 21.7. The first-order valence-electron chi connectivity index (χ1n) is 4.16. The summed E-state index contributed by atoms with van der Waals surface area (Å²) in [7, 11) is 0. The van der Waals surface area contributed by atoms with Gasteiger partial charge in [-0.05, 0) is 17.7 Å². The molecule has 0 heterocycles. The van der Waals surface area contributed by atoms with Crippen molar-refractivity contribution < 1.29 is 9.59 Å². The van der Waals surface area contributed by atoms with Gasteiger partial charge in [-0.3, -0.25) is 15.0 Å². The van der Waals surface area contributed by atoms with Gasteiger partial charge in [0.05, 0.1) is 0 Å². The van der Waals surface area contributed by atoms with Crippen LogP contribution in [0.4, 0.5) is 0 Å². The van der Waals surface area contributed by atoms with E-state index in [9.17, 15) is 9.59 Å². The standard InChI is InChI=1S/C9H10BrN3O2/c10-7-3-1-6(2-4-7)5-12-8(14)9(15)13-11/h1-4H,5,11H2,(H,12,14)(H,13,15). The van der Waals surface area contributed by atoms with Crippen molar-refractivity contribution in [2.75, 3.05) is 0 Å². The zero-order chi connectivity index (χ0) is 11.3. The van der Waals surface area contributed by atoms with Crippen LogP contribution in [-0.4, -0.2) is 11.8 Å². The molecule has 5 nitrogen and oxygen atoms in total. The van der Waals surface area contributed by atoms with Crippen molar-refractivity contribution in [1.29, 1.82) is 0 Å². The molecule has 0 saturated carbocycles. The van der Waals surface area contributed by atoms with Crippen LogP contribution in [0.2, 0.25) is 0 Å². The first-order chi connectivity index (χ1) is 7.13. The number of halogens is 1. The van der Waals surface area contributed by atoms with Gasteiger partial charge >= 0.3 is 11.8 Å². The van der Waals surface area contributed by atoms with E-state index in [1.165, 1.54) is 0 Å². The second-order valence-corrected chi connectivity index (χ2v) is 3.70. The minimum atomic E-state index is -0.855. The van der Waals surface area contributed by atoms with Gasteiger partial charge in [-0.1, -0.05) is 28.1 Å². The third kappa shape index (κ3) is 3.69. The third-order valence-corrected chi connectivity index (χ3v) is 2.23. The quantitative estimate of drug-likeness (QED) is 0.308. The Morgan fingerprint density at radius 2 is 1.80 bits per heavy atom. The number of amides is 2. The molecule has 0 radical (unpaired) electrons. The summed E-state index contributed by atoms with van der Waals surface area (Å²) in [5, 5.41) is 2.42. The molecule has 0 aliphatic heterocycles. The lowest BCUT2D eigenvalue weighted by molar-refractivity contribution is -0.139. The number of nitrogens with one attached hydrogen (secondary N) is 2. The van der Waals surface area contributed by atoms with Crippen LogP contribution >= 0.6 is 15.9 Å². The number of carbonyl (C=O) groups excluding carboxylic acids is 2. The van der Waals surface area contributed by atoms with Gasteiger partial charge in [0, 0.05) is 11.0 Å². The summed E-state index contributed by atoms with van der Waals surface area (Å²) in [6.07, 6.45) is 0. The van der Waals surface area contributed by atoms with Crippen molar-refractivity contribution in [2.24, 2.45) is 5.84 Å². The number of hydrazine groups is 1. The number of carbonyl (C=O) groups is 2. The van der Waals surface area contributed by atoms with Gasteiger partial charge in [0.15, 0.2) is 0 Å². The van der Waals surface area contributed by atoms with Crippen LogP contribution in [-0.2, 0) is 16.1 Å². The summed E-state index contributed by atoms with van der Waals surface area (Å²) in [5.41, 5.74) is 2.65. The number of hydrogen-bond donors (Lipinski definition) is 3. The molecule has 80 valence electrons. The molecule has 0 unspecified atom stereocenters. The molecule has 1 rings (SSSR count). The fraction of sp³-hybridized carbons (Fsp3) is 0.111. The van der Waals surface area contributed by atoms with Gasteiger partial charge in [0.2, 0.25) is 0 Å². The van der Waals surface area contributed by atoms with Crippen LogP contribution in [0.25, 0.3) is 0 Å². The van der Waals surface area contributed by atoms with Crippen LogP contribution in [0.5, 0.6) is 0 Å². The molecular weight excluding hydrogens is 262 g/mol. The maximum absolute atomic E-state index is 11.0. The second-order valence-electron chi connectivity index (χ2n) is 2.78. The molecule has 0 aliphatic rings. The predicted octanol–water partition coefficient (Wildman–Crippen LogP) is 0.0552. The molecule has 0 bridgehead atoms. The highest BCUT2D eigenvalue weighted by atomic mass is 79.9. The van der Waals surface area contributed by atoms with Crippen LogP contribution in [0.15, 0.2) is 28.7 Å². The first kappa shape index (κ1) is 11.7. The molecule has 0 aliphatic carbocycles. The summed E-state index contributed by atoms with van der Waals surface area (Å²) >= 11 is 3.29. The van der Waals surface area contributed by atoms with E-state index in [2.05, 4.69) is 21.2 Å². The van der Waals surface area contributed by atoms with Crippen LogP contribution in [0, 0.1) is 0 Å². The van der Waals surface area contributed by atoms with Gasteiger partial charge in [-0.15, -0.1) is 0 Å². The van der Waals surface area contributed by atoms with E-state index in [0.717, 1.165) is 10.0 Å². The normalized spacial score (nSPS) is 9.47. The largest absolute Gasteiger partial charge is 0.344 e. The monoisotopic (exact) mass is 271 g/mol. The molecule has 0 aromatic heterocycles. The highest BCUT2D eigenvalue weighted by Gasteiger charge is 2.10. The third-order valence-electron chi connectivity index (χ3n) is 1.70. The number of benzene rings is 1. The Labute approximate surface area is 95.1 Å². The number of rotatable bonds is 2. The molecule has 6 heteroatoms. The average molecular weight is 272 g/mol. The average Bonchev–Trinajstić information content (AvgIpc) is 2.26. The number of nitrogens with two attached hydrogens (primary N) is 1. The Morgan fingerprint density at radius 1 is 1.20 bits per heavy atom. The van der Waals surface area contributed by atoms with E-state index in [1.807, 2.05) is 24.3 Å². The van der Waals surface area contributed by atoms with Crippen LogP contribution < -0.4 is 16.6 Å². The van der Waals surface area contributed by atoms with Gasteiger partial charge in [0.25, 0.3) is 0 Å². The molecule has 0 fully saturated rings. The summed E-state index contributed by atoms with van der Waals surface area (Å²) < 4.78 is 0.956. The van der Waals surface area contributed by atoms with E-state index >= 15 is 0 Å². The van der Waals surface area contributed by atoms with Gasteiger partial charge in [0.1, 0.15) is 0 Å². The Morgan fingerprint density at radius 3 is 2.33 bits per heavy atom. The molecule has 0 atom stereocenters. The lowest BCUT2D eigenvalue weighted by Crippen LogP contribution is -2.42. The molecular formula is C9H10BrN3O2. The second kappa shape index (κ2) is 5.47. The Bertz CT molecular complexity index is 364. The lowest BCUT2D eigenvalue weighted by Gasteiger charge is -2.03. The van der Waals surface area contributed by atoms with Crippen molar-refractivity contribution >= 4 is 27.7 Å². The smallest absolute Gasteiger partial charge is 0.323 e. The minimum absolute atomic E-state index is 0.291. The molecule has 0 spiro atoms. The fourth-order valence-electron chi connectivity index (χ4n) is 0.930. The fourth-order valence-corrected chi connectivity index (χ4v) is 1.19. The van der Waals surface area contributed by atoms with E-state index < -0.39 is 11.8 Å². The number of hydrogen-bond acceptors (Lipinski definition) is 3. The van der Waals surface area contributed by atoms with Crippen molar-refractivity contribution in [3.8, 4) is 0 Å². The van der Waals surface area contributed by atoms with Gasteiger partial charge in [-0.2, -0.15) is 0 Å². The highest BCUT2D eigenvalue weighted by Crippen LogP contribution is 2.09. The Kier molecular flexibility index (Phi) is 4.26. The molecule has 15 heavy (non-hydrogen) atoms. The lowest BCUT2D eigenvalue weighted by atomic mass is 10.2.